The van der Waals surface area contributed by atoms with Crippen LogP contribution in [0.15, 0.2) is 51.8 Å². The number of benzene rings is 2. The lowest BCUT2D eigenvalue weighted by Crippen LogP contribution is -2.50. The number of aromatic hydroxyl groups is 1. The smallest absolute Gasteiger partial charge is 0.255 e. The van der Waals surface area contributed by atoms with E-state index in [1.165, 1.54) is 16.4 Å². The van der Waals surface area contributed by atoms with Crippen molar-refractivity contribution in [2.75, 3.05) is 26.2 Å². The first-order valence-corrected chi connectivity index (χ1v) is 10.4. The Balaban J connectivity index is 1.75. The summed E-state index contributed by atoms with van der Waals surface area (Å²) >= 11 is 3.37. The molecule has 2 aromatic carbocycles. The van der Waals surface area contributed by atoms with Gasteiger partial charge >= 0.3 is 0 Å². The fourth-order valence-electron chi connectivity index (χ4n) is 2.90. The minimum absolute atomic E-state index is 0.0944. The van der Waals surface area contributed by atoms with Crippen LogP contribution in [-0.4, -0.2) is 54.8 Å². The third kappa shape index (κ3) is 3.62. The van der Waals surface area contributed by atoms with Crippen molar-refractivity contribution < 1.29 is 18.3 Å². The molecule has 0 radical (unpaired) electrons. The summed E-state index contributed by atoms with van der Waals surface area (Å²) in [6.45, 7) is 2.74. The molecule has 1 aliphatic rings. The maximum absolute atomic E-state index is 12.8. The van der Waals surface area contributed by atoms with Crippen molar-refractivity contribution in [3.05, 3.63) is 58.1 Å². The van der Waals surface area contributed by atoms with E-state index in [2.05, 4.69) is 15.9 Å². The zero-order valence-electron chi connectivity index (χ0n) is 14.2. The van der Waals surface area contributed by atoms with Crippen molar-refractivity contribution in [3.8, 4) is 5.75 Å². The number of piperazine rings is 1. The molecular formula is C18H19BrN2O4S. The molecule has 1 N–H and O–H groups in total. The van der Waals surface area contributed by atoms with Gasteiger partial charge in [-0.25, -0.2) is 8.42 Å². The first-order valence-electron chi connectivity index (χ1n) is 8.14. The van der Waals surface area contributed by atoms with Crippen LogP contribution in [0.1, 0.15) is 15.9 Å². The highest BCUT2D eigenvalue weighted by atomic mass is 79.9. The minimum Gasteiger partial charge on any atom is -0.507 e. The number of amides is 1. The highest BCUT2D eigenvalue weighted by Gasteiger charge is 2.32. The van der Waals surface area contributed by atoms with Crippen LogP contribution in [0.3, 0.4) is 0 Å². The van der Waals surface area contributed by atoms with E-state index in [0.29, 0.717) is 23.1 Å². The van der Waals surface area contributed by atoms with E-state index in [4.69, 9.17) is 0 Å². The maximum Gasteiger partial charge on any atom is 0.255 e. The first-order chi connectivity index (χ1) is 12.3. The average Bonchev–Trinajstić information content (AvgIpc) is 2.63. The Labute approximate surface area is 161 Å². The molecular weight excluding hydrogens is 420 g/mol. The molecule has 0 unspecified atom stereocenters. The van der Waals surface area contributed by atoms with Crippen molar-refractivity contribution in [1.82, 2.24) is 9.21 Å². The summed E-state index contributed by atoms with van der Waals surface area (Å²) in [5.41, 5.74) is 1.31. The molecule has 1 heterocycles. The molecule has 2 aromatic rings. The van der Waals surface area contributed by atoms with E-state index in [1.807, 2.05) is 6.07 Å². The van der Waals surface area contributed by atoms with Crippen molar-refractivity contribution >= 4 is 31.9 Å². The van der Waals surface area contributed by atoms with Crippen LogP contribution < -0.4 is 0 Å². The second-order valence-electron chi connectivity index (χ2n) is 6.15. The van der Waals surface area contributed by atoms with Crippen molar-refractivity contribution in [1.29, 1.82) is 0 Å². The molecule has 8 heteroatoms. The van der Waals surface area contributed by atoms with Crippen molar-refractivity contribution in [2.45, 2.75) is 11.8 Å². The number of carbonyl (C=O) groups excluding carboxylic acids is 1. The molecule has 1 amide bonds. The van der Waals surface area contributed by atoms with Gasteiger partial charge in [-0.3, -0.25) is 4.79 Å². The van der Waals surface area contributed by atoms with Gasteiger partial charge in [-0.2, -0.15) is 4.31 Å². The van der Waals surface area contributed by atoms with Crippen LogP contribution in [0.25, 0.3) is 0 Å². The molecule has 0 spiro atoms. The summed E-state index contributed by atoms with van der Waals surface area (Å²) in [5, 5.41) is 9.95. The summed E-state index contributed by atoms with van der Waals surface area (Å²) < 4.78 is 27.7. The van der Waals surface area contributed by atoms with E-state index < -0.39 is 10.0 Å². The highest BCUT2D eigenvalue weighted by Crippen LogP contribution is 2.28. The fourth-order valence-corrected chi connectivity index (χ4v) is 4.95. The van der Waals surface area contributed by atoms with Gasteiger partial charge in [0.05, 0.1) is 5.56 Å². The molecule has 0 aromatic heterocycles. The monoisotopic (exact) mass is 438 g/mol. The number of hydrogen-bond donors (Lipinski definition) is 1. The predicted molar refractivity (Wildman–Crippen MR) is 102 cm³/mol. The maximum atomic E-state index is 12.8. The van der Waals surface area contributed by atoms with E-state index >= 15 is 0 Å². The van der Waals surface area contributed by atoms with Crippen molar-refractivity contribution in [2.24, 2.45) is 0 Å². The molecule has 0 aliphatic carbocycles. The Hall–Kier alpha value is -1.90. The number of sulfonamides is 1. The van der Waals surface area contributed by atoms with Gasteiger partial charge in [-0.15, -0.1) is 0 Å². The van der Waals surface area contributed by atoms with Crippen LogP contribution in [0.5, 0.6) is 5.75 Å². The lowest BCUT2D eigenvalue weighted by molar-refractivity contribution is 0.0697. The zero-order chi connectivity index (χ0) is 18.9. The van der Waals surface area contributed by atoms with Crippen LogP contribution in [-0.2, 0) is 10.0 Å². The number of phenols is 1. The second-order valence-corrected chi connectivity index (χ2v) is 8.91. The molecule has 0 atom stereocenters. The third-order valence-corrected chi connectivity index (χ3v) is 6.98. The summed E-state index contributed by atoms with van der Waals surface area (Å²) in [6, 6.07) is 11.7. The average molecular weight is 439 g/mol. The van der Waals surface area contributed by atoms with Gasteiger partial charge in [0.1, 0.15) is 10.6 Å². The van der Waals surface area contributed by atoms with Crippen LogP contribution in [0.2, 0.25) is 0 Å². The fraction of sp³-hybridized carbons (Fsp3) is 0.278. The van der Waals surface area contributed by atoms with Crippen molar-refractivity contribution in [3.63, 3.8) is 0 Å². The Kier molecular flexibility index (Phi) is 5.36. The number of halogens is 1. The molecule has 6 nitrogen and oxygen atoms in total. The largest absolute Gasteiger partial charge is 0.507 e. The molecule has 26 heavy (non-hydrogen) atoms. The Morgan fingerprint density at radius 3 is 2.38 bits per heavy atom. The van der Waals surface area contributed by atoms with Crippen LogP contribution in [0, 0.1) is 6.92 Å². The first kappa shape index (κ1) is 18.9. The number of phenolic OH excluding ortho intramolecular Hbond substituents is 1. The van der Waals surface area contributed by atoms with Crippen LogP contribution >= 0.6 is 15.9 Å². The summed E-state index contributed by atoms with van der Waals surface area (Å²) in [6.07, 6.45) is 0. The quantitative estimate of drug-likeness (QED) is 0.798. The van der Waals surface area contributed by atoms with E-state index in [9.17, 15) is 18.3 Å². The highest BCUT2D eigenvalue weighted by molar-refractivity contribution is 9.10. The van der Waals surface area contributed by atoms with E-state index in [1.54, 1.807) is 36.1 Å². The molecule has 0 bridgehead atoms. The lowest BCUT2D eigenvalue weighted by atomic mass is 10.2. The van der Waals surface area contributed by atoms with Gasteiger partial charge in [-0.05, 0) is 52.7 Å². The zero-order valence-corrected chi connectivity index (χ0v) is 16.6. The summed E-state index contributed by atoms with van der Waals surface area (Å²) in [7, 11) is -3.80. The second kappa shape index (κ2) is 7.38. The number of rotatable bonds is 3. The lowest BCUT2D eigenvalue weighted by Gasteiger charge is -2.34. The van der Waals surface area contributed by atoms with Gasteiger partial charge in [0, 0.05) is 30.7 Å². The molecule has 1 fully saturated rings. The van der Waals surface area contributed by atoms with E-state index in [-0.39, 0.29) is 29.6 Å². The Bertz CT molecular complexity index is 938. The number of aryl methyl sites for hydroxylation is 1. The van der Waals surface area contributed by atoms with Gasteiger partial charge in [-0.1, -0.05) is 18.2 Å². The number of hydrogen-bond acceptors (Lipinski definition) is 4. The number of carbonyl (C=O) groups is 1. The number of nitrogens with zero attached hydrogens (tertiary/aromatic N) is 2. The molecule has 138 valence electrons. The van der Waals surface area contributed by atoms with Gasteiger partial charge in [0.15, 0.2) is 0 Å². The third-order valence-electron chi connectivity index (χ3n) is 4.36. The topological polar surface area (TPSA) is 77.9 Å². The molecule has 1 saturated heterocycles. The summed E-state index contributed by atoms with van der Waals surface area (Å²) in [5.74, 6) is -0.393. The Morgan fingerprint density at radius 2 is 1.73 bits per heavy atom. The van der Waals surface area contributed by atoms with Crippen LogP contribution in [0.4, 0.5) is 0 Å². The Morgan fingerprint density at radius 1 is 1.08 bits per heavy atom. The van der Waals surface area contributed by atoms with Gasteiger partial charge in [0.2, 0.25) is 10.0 Å². The van der Waals surface area contributed by atoms with Gasteiger partial charge in [0.25, 0.3) is 5.91 Å². The molecule has 0 saturated carbocycles. The SMILES string of the molecule is Cc1ccc(O)c(S(=O)(=O)N2CCN(C(=O)c3ccccc3Br)CC2)c1. The summed E-state index contributed by atoms with van der Waals surface area (Å²) in [4.78, 5) is 14.2. The van der Waals surface area contributed by atoms with Gasteiger partial charge < -0.3 is 10.0 Å². The van der Waals surface area contributed by atoms with E-state index in [0.717, 1.165) is 5.56 Å². The normalized spacial score (nSPS) is 15.8. The molecule has 1 aliphatic heterocycles. The standard InChI is InChI=1S/C18H19BrN2O4S/c1-13-6-7-16(22)17(12-13)26(24,25)21-10-8-20(9-11-21)18(23)14-4-2-3-5-15(14)19/h2-7,12,22H,8-11H2,1H3. The minimum atomic E-state index is -3.80. The molecule has 3 rings (SSSR count). The predicted octanol–water partition coefficient (Wildman–Crippen LogP) is 2.61.